The first-order chi connectivity index (χ1) is 6.42. The predicted octanol–water partition coefficient (Wildman–Crippen LogP) is 2.14. The monoisotopic (exact) mass is 181 g/mol. The number of aryl methyl sites for hydroxylation is 1. The minimum absolute atomic E-state index is 1.08. The van der Waals surface area contributed by atoms with Gasteiger partial charge in [0.25, 0.3) is 0 Å². The Morgan fingerprint density at radius 3 is 2.85 bits per heavy atom. The molecule has 2 rings (SSSR count). The first kappa shape index (κ1) is 10.1. The lowest BCUT2D eigenvalue weighted by molar-refractivity contribution is 0.522. The van der Waals surface area contributed by atoms with Crippen LogP contribution in [0.1, 0.15) is 27.2 Å². The standard InChI is InChI=1S/C8H13N3.C2H6/c1-2-10-6-3-7-11-8(10)4-5-9-11;1-2/h4-5H,2-3,6-7H2,1H3;1-2H3. The van der Waals surface area contributed by atoms with Crippen molar-refractivity contribution in [2.24, 2.45) is 0 Å². The highest BCUT2D eigenvalue weighted by Crippen LogP contribution is 2.18. The lowest BCUT2D eigenvalue weighted by Gasteiger charge is -2.27. The fraction of sp³-hybridized carbons (Fsp3) is 0.700. The number of aromatic nitrogens is 2. The molecular weight excluding hydrogens is 162 g/mol. The Kier molecular flexibility index (Phi) is 3.80. The zero-order valence-electron chi connectivity index (χ0n) is 8.82. The molecule has 1 aromatic rings. The summed E-state index contributed by atoms with van der Waals surface area (Å²) < 4.78 is 2.08. The zero-order valence-corrected chi connectivity index (χ0v) is 8.82. The second-order valence-electron chi connectivity index (χ2n) is 2.85. The summed E-state index contributed by atoms with van der Waals surface area (Å²) in [5.74, 6) is 1.28. The molecular formula is C10H19N3. The quantitative estimate of drug-likeness (QED) is 0.662. The normalized spacial score (nSPS) is 14.5. The first-order valence-electron chi connectivity index (χ1n) is 5.18. The van der Waals surface area contributed by atoms with Gasteiger partial charge in [0.1, 0.15) is 5.82 Å². The maximum Gasteiger partial charge on any atom is 0.126 e. The van der Waals surface area contributed by atoms with Gasteiger partial charge < -0.3 is 4.90 Å². The highest BCUT2D eigenvalue weighted by molar-refractivity contribution is 5.39. The van der Waals surface area contributed by atoms with E-state index in [-0.39, 0.29) is 0 Å². The van der Waals surface area contributed by atoms with Crippen molar-refractivity contribution < 1.29 is 0 Å². The molecule has 0 unspecified atom stereocenters. The average Bonchev–Trinajstić information content (AvgIpc) is 2.68. The van der Waals surface area contributed by atoms with E-state index in [2.05, 4.69) is 27.7 Å². The Morgan fingerprint density at radius 1 is 1.38 bits per heavy atom. The molecule has 0 fully saturated rings. The molecule has 2 heterocycles. The van der Waals surface area contributed by atoms with Crippen LogP contribution in [0.4, 0.5) is 5.82 Å². The predicted molar refractivity (Wildman–Crippen MR) is 56.1 cm³/mol. The molecule has 74 valence electrons. The number of anilines is 1. The number of nitrogens with zero attached hydrogens (tertiary/aromatic N) is 3. The molecule has 0 N–H and O–H groups in total. The van der Waals surface area contributed by atoms with Crippen molar-refractivity contribution in [1.29, 1.82) is 0 Å². The highest BCUT2D eigenvalue weighted by Gasteiger charge is 2.14. The van der Waals surface area contributed by atoms with Gasteiger partial charge in [-0.2, -0.15) is 5.10 Å². The van der Waals surface area contributed by atoms with Crippen molar-refractivity contribution >= 4 is 5.82 Å². The van der Waals surface area contributed by atoms with E-state index in [9.17, 15) is 0 Å². The van der Waals surface area contributed by atoms with Gasteiger partial charge in [0.05, 0.1) is 6.20 Å². The molecule has 13 heavy (non-hydrogen) atoms. The molecule has 0 amide bonds. The minimum atomic E-state index is 1.08. The molecule has 0 aromatic carbocycles. The van der Waals surface area contributed by atoms with Gasteiger partial charge >= 0.3 is 0 Å². The Bertz CT molecular complexity index is 242. The average molecular weight is 181 g/mol. The van der Waals surface area contributed by atoms with E-state index in [0.29, 0.717) is 0 Å². The molecule has 3 nitrogen and oxygen atoms in total. The van der Waals surface area contributed by atoms with Crippen molar-refractivity contribution in [3.63, 3.8) is 0 Å². The smallest absolute Gasteiger partial charge is 0.126 e. The van der Waals surface area contributed by atoms with Gasteiger partial charge in [-0.25, -0.2) is 4.68 Å². The van der Waals surface area contributed by atoms with Crippen molar-refractivity contribution in [2.45, 2.75) is 33.7 Å². The number of fused-ring (bicyclic) bond motifs is 1. The van der Waals surface area contributed by atoms with Crippen LogP contribution < -0.4 is 4.90 Å². The maximum atomic E-state index is 4.23. The molecule has 1 aromatic heterocycles. The van der Waals surface area contributed by atoms with Crippen molar-refractivity contribution in [1.82, 2.24) is 9.78 Å². The second-order valence-corrected chi connectivity index (χ2v) is 2.85. The van der Waals surface area contributed by atoms with Gasteiger partial charge in [0, 0.05) is 25.7 Å². The number of hydrogen-bond donors (Lipinski definition) is 0. The Balaban J connectivity index is 0.000000396. The van der Waals surface area contributed by atoms with E-state index >= 15 is 0 Å². The lowest BCUT2D eigenvalue weighted by Crippen LogP contribution is -2.31. The Hall–Kier alpha value is -0.990. The summed E-state index contributed by atoms with van der Waals surface area (Å²) in [7, 11) is 0. The van der Waals surface area contributed by atoms with Gasteiger partial charge in [0.2, 0.25) is 0 Å². The summed E-state index contributed by atoms with van der Waals surface area (Å²) in [4.78, 5) is 2.36. The van der Waals surface area contributed by atoms with Crippen LogP contribution in [0.5, 0.6) is 0 Å². The van der Waals surface area contributed by atoms with Gasteiger partial charge in [-0.1, -0.05) is 13.8 Å². The Labute approximate surface area is 80.4 Å². The van der Waals surface area contributed by atoms with E-state index in [1.807, 2.05) is 20.0 Å². The van der Waals surface area contributed by atoms with Crippen LogP contribution in [-0.2, 0) is 6.54 Å². The molecule has 1 aliphatic heterocycles. The third-order valence-electron chi connectivity index (χ3n) is 2.20. The topological polar surface area (TPSA) is 21.1 Å². The van der Waals surface area contributed by atoms with E-state index in [0.717, 1.165) is 13.1 Å². The van der Waals surface area contributed by atoms with Crippen LogP contribution in [0, 0.1) is 0 Å². The van der Waals surface area contributed by atoms with Crippen LogP contribution in [0.2, 0.25) is 0 Å². The van der Waals surface area contributed by atoms with Crippen LogP contribution in [0.25, 0.3) is 0 Å². The first-order valence-corrected chi connectivity index (χ1v) is 5.18. The number of rotatable bonds is 1. The van der Waals surface area contributed by atoms with Gasteiger partial charge in [-0.15, -0.1) is 0 Å². The van der Waals surface area contributed by atoms with Crippen molar-refractivity contribution in [3.05, 3.63) is 12.3 Å². The number of hydrogen-bond acceptors (Lipinski definition) is 2. The van der Waals surface area contributed by atoms with Crippen LogP contribution in [-0.4, -0.2) is 22.9 Å². The SMILES string of the molecule is CC.CCN1CCCn2nccc21. The van der Waals surface area contributed by atoms with E-state index in [1.165, 1.54) is 18.8 Å². The lowest BCUT2D eigenvalue weighted by atomic mass is 10.3. The molecule has 0 saturated carbocycles. The summed E-state index contributed by atoms with van der Waals surface area (Å²) >= 11 is 0. The molecule has 0 aliphatic carbocycles. The molecule has 0 saturated heterocycles. The van der Waals surface area contributed by atoms with Gasteiger partial charge in [0.15, 0.2) is 0 Å². The summed E-state index contributed by atoms with van der Waals surface area (Å²) in [6.45, 7) is 9.54. The van der Waals surface area contributed by atoms with Gasteiger partial charge in [-0.3, -0.25) is 0 Å². The largest absolute Gasteiger partial charge is 0.357 e. The van der Waals surface area contributed by atoms with Crippen LogP contribution >= 0.6 is 0 Å². The highest BCUT2D eigenvalue weighted by atomic mass is 15.4. The van der Waals surface area contributed by atoms with Gasteiger partial charge in [-0.05, 0) is 13.3 Å². The van der Waals surface area contributed by atoms with Crippen LogP contribution in [0.3, 0.4) is 0 Å². The summed E-state index contributed by atoms with van der Waals surface area (Å²) in [5, 5.41) is 4.23. The summed E-state index contributed by atoms with van der Waals surface area (Å²) in [6.07, 6.45) is 3.10. The van der Waals surface area contributed by atoms with Crippen molar-refractivity contribution in [2.75, 3.05) is 18.0 Å². The molecule has 1 aliphatic rings. The minimum Gasteiger partial charge on any atom is -0.357 e. The fourth-order valence-electron chi connectivity index (χ4n) is 1.61. The van der Waals surface area contributed by atoms with E-state index in [1.54, 1.807) is 0 Å². The summed E-state index contributed by atoms with van der Waals surface area (Å²) in [5.41, 5.74) is 0. The molecule has 0 radical (unpaired) electrons. The molecule has 0 atom stereocenters. The van der Waals surface area contributed by atoms with E-state index in [4.69, 9.17) is 0 Å². The maximum absolute atomic E-state index is 4.23. The fourth-order valence-corrected chi connectivity index (χ4v) is 1.61. The Morgan fingerprint density at radius 2 is 2.15 bits per heavy atom. The molecule has 3 heteroatoms. The summed E-state index contributed by atoms with van der Waals surface area (Å²) in [6, 6.07) is 2.09. The second kappa shape index (κ2) is 4.90. The third kappa shape index (κ3) is 2.02. The molecule has 0 bridgehead atoms. The van der Waals surface area contributed by atoms with E-state index < -0.39 is 0 Å². The van der Waals surface area contributed by atoms with Crippen molar-refractivity contribution in [3.8, 4) is 0 Å². The zero-order chi connectivity index (χ0) is 9.68. The molecule has 0 spiro atoms. The van der Waals surface area contributed by atoms with Crippen LogP contribution in [0.15, 0.2) is 12.3 Å². The third-order valence-corrected chi connectivity index (χ3v) is 2.20.